The Bertz CT molecular complexity index is 185. The van der Waals surface area contributed by atoms with Gasteiger partial charge >= 0.3 is 0 Å². The smallest absolute Gasteiger partial charge is 0.0246 e. The molecule has 15 heavy (non-hydrogen) atoms. The lowest BCUT2D eigenvalue weighted by atomic mass is 9.96. The van der Waals surface area contributed by atoms with Crippen molar-refractivity contribution in [1.29, 1.82) is 0 Å². The van der Waals surface area contributed by atoms with Crippen molar-refractivity contribution in [2.45, 2.75) is 33.2 Å². The third-order valence-corrected chi connectivity index (χ3v) is 3.62. The molecule has 0 spiro atoms. The molecule has 0 aromatic heterocycles. The topological polar surface area (TPSA) is 55.1 Å². The fourth-order valence-corrected chi connectivity index (χ4v) is 2.07. The van der Waals surface area contributed by atoms with Crippen molar-refractivity contribution in [1.82, 2.24) is 5.32 Å². The minimum Gasteiger partial charge on any atom is -0.330 e. The van der Waals surface area contributed by atoms with E-state index in [1.54, 1.807) is 6.26 Å². The van der Waals surface area contributed by atoms with Crippen LogP contribution in [0.4, 0.5) is 0 Å². The van der Waals surface area contributed by atoms with Gasteiger partial charge in [0.1, 0.15) is 0 Å². The second-order valence-electron chi connectivity index (χ2n) is 4.62. The van der Waals surface area contributed by atoms with E-state index in [2.05, 4.69) is 26.1 Å². The molecule has 92 valence electrons. The van der Waals surface area contributed by atoms with E-state index in [-0.39, 0.29) is 0 Å². The first-order chi connectivity index (χ1) is 6.97. The zero-order chi connectivity index (χ0) is 11.8. The largest absolute Gasteiger partial charge is 0.330 e. The van der Waals surface area contributed by atoms with E-state index in [0.29, 0.717) is 17.9 Å². The van der Waals surface area contributed by atoms with Crippen molar-refractivity contribution in [3.05, 3.63) is 0 Å². The van der Waals surface area contributed by atoms with Gasteiger partial charge in [-0.2, -0.15) is 0 Å². The van der Waals surface area contributed by atoms with Crippen molar-refractivity contribution in [2.75, 3.05) is 25.1 Å². The van der Waals surface area contributed by atoms with Crippen LogP contribution >= 0.6 is 0 Å². The van der Waals surface area contributed by atoms with E-state index in [1.807, 2.05) is 0 Å². The highest BCUT2D eigenvalue weighted by molar-refractivity contribution is 7.84. The summed E-state index contributed by atoms with van der Waals surface area (Å²) < 4.78 is 10.9. The van der Waals surface area contributed by atoms with Crippen LogP contribution in [0.2, 0.25) is 0 Å². The van der Waals surface area contributed by atoms with Gasteiger partial charge in [0.25, 0.3) is 0 Å². The number of hydrogen-bond donors (Lipinski definition) is 2. The first-order valence-electron chi connectivity index (χ1n) is 5.70. The maximum absolute atomic E-state index is 10.9. The lowest BCUT2D eigenvalue weighted by molar-refractivity contribution is 0.352. The van der Waals surface area contributed by atoms with E-state index < -0.39 is 10.8 Å². The summed E-state index contributed by atoms with van der Waals surface area (Å²) in [6.07, 6.45) is 2.72. The van der Waals surface area contributed by atoms with Crippen molar-refractivity contribution in [2.24, 2.45) is 17.6 Å². The van der Waals surface area contributed by atoms with Gasteiger partial charge in [0.15, 0.2) is 0 Å². The Morgan fingerprint density at radius 1 is 1.33 bits per heavy atom. The molecule has 3 N–H and O–H groups in total. The summed E-state index contributed by atoms with van der Waals surface area (Å²) >= 11 is 0. The van der Waals surface area contributed by atoms with Gasteiger partial charge in [-0.3, -0.25) is 4.21 Å². The van der Waals surface area contributed by atoms with Crippen LogP contribution in [-0.2, 0) is 10.8 Å². The van der Waals surface area contributed by atoms with Crippen LogP contribution in [-0.4, -0.2) is 35.3 Å². The Morgan fingerprint density at radius 3 is 2.33 bits per heavy atom. The molecule has 0 saturated heterocycles. The molecule has 0 rings (SSSR count). The van der Waals surface area contributed by atoms with Gasteiger partial charge in [0.2, 0.25) is 0 Å². The second kappa shape index (κ2) is 8.25. The maximum Gasteiger partial charge on any atom is 0.0246 e. The summed E-state index contributed by atoms with van der Waals surface area (Å²) in [5.74, 6) is 1.94. The van der Waals surface area contributed by atoms with Gasteiger partial charge in [0.05, 0.1) is 0 Å². The zero-order valence-electron chi connectivity index (χ0n) is 10.5. The minimum atomic E-state index is -0.676. The third-order valence-electron chi connectivity index (χ3n) is 2.81. The number of hydrogen-bond acceptors (Lipinski definition) is 3. The molecule has 3 atom stereocenters. The molecular formula is C11H26N2OS. The molecule has 4 heteroatoms. The molecule has 0 amide bonds. The van der Waals surface area contributed by atoms with E-state index in [4.69, 9.17) is 5.73 Å². The first-order valence-corrected chi connectivity index (χ1v) is 7.43. The Labute approximate surface area is 96.7 Å². The second-order valence-corrected chi connectivity index (χ2v) is 6.17. The third kappa shape index (κ3) is 7.94. The predicted molar refractivity (Wildman–Crippen MR) is 68.4 cm³/mol. The molecule has 0 aliphatic heterocycles. The summed E-state index contributed by atoms with van der Waals surface area (Å²) in [5, 5.41) is 3.46. The van der Waals surface area contributed by atoms with Crippen molar-refractivity contribution >= 4 is 10.8 Å². The molecule has 0 heterocycles. The van der Waals surface area contributed by atoms with Crippen LogP contribution in [0.5, 0.6) is 0 Å². The fourth-order valence-electron chi connectivity index (χ4n) is 1.39. The van der Waals surface area contributed by atoms with Crippen molar-refractivity contribution < 1.29 is 4.21 Å². The van der Waals surface area contributed by atoms with Crippen LogP contribution < -0.4 is 11.1 Å². The van der Waals surface area contributed by atoms with Crippen LogP contribution in [0.1, 0.15) is 27.2 Å². The number of nitrogens with one attached hydrogen (secondary N) is 1. The van der Waals surface area contributed by atoms with Gasteiger partial charge in [0, 0.05) is 28.9 Å². The molecule has 3 unspecified atom stereocenters. The molecule has 3 nitrogen and oxygen atoms in total. The summed E-state index contributed by atoms with van der Waals surface area (Å²) in [5.41, 5.74) is 5.69. The van der Waals surface area contributed by atoms with Gasteiger partial charge < -0.3 is 11.1 Å². The van der Waals surface area contributed by atoms with E-state index in [1.165, 1.54) is 0 Å². The molecule has 0 radical (unpaired) electrons. The van der Waals surface area contributed by atoms with Crippen molar-refractivity contribution in [3.8, 4) is 0 Å². The number of nitrogens with two attached hydrogens (primary N) is 1. The van der Waals surface area contributed by atoms with Gasteiger partial charge in [-0.15, -0.1) is 0 Å². The number of rotatable bonds is 8. The van der Waals surface area contributed by atoms with Gasteiger partial charge in [-0.25, -0.2) is 0 Å². The van der Waals surface area contributed by atoms with E-state index in [0.717, 1.165) is 25.3 Å². The lowest BCUT2D eigenvalue weighted by Gasteiger charge is -2.22. The fraction of sp³-hybridized carbons (Fsp3) is 1.00. The SMILES string of the molecule is CC(CCS(C)=O)NCC(CN)C(C)C. The maximum atomic E-state index is 10.9. The quantitative estimate of drug-likeness (QED) is 0.658. The van der Waals surface area contributed by atoms with Crippen LogP contribution in [0, 0.1) is 11.8 Å². The first kappa shape index (κ1) is 15.1. The van der Waals surface area contributed by atoms with Crippen molar-refractivity contribution in [3.63, 3.8) is 0 Å². The van der Waals surface area contributed by atoms with E-state index >= 15 is 0 Å². The van der Waals surface area contributed by atoms with Gasteiger partial charge in [-0.05, 0) is 38.3 Å². The highest BCUT2D eigenvalue weighted by Gasteiger charge is 2.12. The predicted octanol–water partition coefficient (Wildman–Crippen LogP) is 0.964. The highest BCUT2D eigenvalue weighted by Crippen LogP contribution is 2.08. The molecule has 0 aromatic carbocycles. The summed E-state index contributed by atoms with van der Waals surface area (Å²) in [6, 6.07) is 0.432. The average molecular weight is 234 g/mol. The summed E-state index contributed by atoms with van der Waals surface area (Å²) in [6.45, 7) is 8.24. The molecule has 0 bridgehead atoms. The Balaban J connectivity index is 3.68. The van der Waals surface area contributed by atoms with Crippen LogP contribution in [0.25, 0.3) is 0 Å². The Hall–Kier alpha value is 0.0700. The summed E-state index contributed by atoms with van der Waals surface area (Å²) in [4.78, 5) is 0. The van der Waals surface area contributed by atoms with E-state index in [9.17, 15) is 4.21 Å². The average Bonchev–Trinajstić information content (AvgIpc) is 2.15. The Kier molecular flexibility index (Phi) is 8.29. The molecule has 0 aromatic rings. The highest BCUT2D eigenvalue weighted by atomic mass is 32.2. The molecule has 0 saturated carbocycles. The minimum absolute atomic E-state index is 0.432. The normalized spacial score (nSPS) is 17.7. The summed E-state index contributed by atoms with van der Waals surface area (Å²) in [7, 11) is -0.676. The Morgan fingerprint density at radius 2 is 1.93 bits per heavy atom. The molecular weight excluding hydrogens is 208 g/mol. The molecule has 0 fully saturated rings. The van der Waals surface area contributed by atoms with Crippen LogP contribution in [0.3, 0.4) is 0 Å². The lowest BCUT2D eigenvalue weighted by Crippen LogP contribution is -2.37. The monoisotopic (exact) mass is 234 g/mol. The standard InChI is InChI=1S/C11H26N2OS/c1-9(2)11(7-12)8-13-10(3)5-6-15(4)14/h9-11,13H,5-8,12H2,1-4H3. The molecule has 0 aliphatic carbocycles. The van der Waals surface area contributed by atoms with Crippen LogP contribution in [0.15, 0.2) is 0 Å². The zero-order valence-corrected chi connectivity index (χ0v) is 11.3. The molecule has 0 aliphatic rings. The van der Waals surface area contributed by atoms with Gasteiger partial charge in [-0.1, -0.05) is 13.8 Å².